The second-order valence-electron chi connectivity index (χ2n) is 9.02. The Kier molecular flexibility index (Phi) is 7.68. The van der Waals surface area contributed by atoms with Crippen molar-refractivity contribution < 1.29 is 19.2 Å². The highest BCUT2D eigenvalue weighted by molar-refractivity contribution is 6.36. The summed E-state index contributed by atoms with van der Waals surface area (Å²) >= 11 is 12.8. The summed E-state index contributed by atoms with van der Waals surface area (Å²) in [5.74, 6) is 0.588. The Labute approximate surface area is 230 Å². The van der Waals surface area contributed by atoms with Gasteiger partial charge in [-0.1, -0.05) is 77.7 Å². The topological polar surface area (TPSA) is 72.6 Å². The first-order valence-electron chi connectivity index (χ1n) is 12.3. The quantitative estimate of drug-likeness (QED) is 0.200. The highest BCUT2D eigenvalue weighted by atomic mass is 35.5. The van der Waals surface area contributed by atoms with Crippen molar-refractivity contribution in [3.63, 3.8) is 0 Å². The average Bonchev–Trinajstić information content (AvgIpc) is 3.30. The summed E-state index contributed by atoms with van der Waals surface area (Å²) in [5, 5.41) is 16.5. The molecule has 0 radical (unpaired) electrons. The number of aromatic carboxylic acids is 1. The maximum Gasteiger partial charge on any atom is 0.336 e. The number of hydrogen-bond donors (Lipinski definition) is 1. The summed E-state index contributed by atoms with van der Waals surface area (Å²) in [5.41, 5.74) is 4.78. The van der Waals surface area contributed by atoms with Gasteiger partial charge < -0.3 is 14.4 Å². The Balaban J connectivity index is 1.35. The van der Waals surface area contributed by atoms with Gasteiger partial charge >= 0.3 is 5.97 Å². The van der Waals surface area contributed by atoms with Gasteiger partial charge in [-0.3, -0.25) is 0 Å². The first kappa shape index (κ1) is 25.8. The predicted molar refractivity (Wildman–Crippen MR) is 150 cm³/mol. The summed E-state index contributed by atoms with van der Waals surface area (Å²) in [6.07, 6.45) is 2.13. The van der Waals surface area contributed by atoms with Gasteiger partial charge in [-0.05, 0) is 70.3 Å². The first-order chi connectivity index (χ1) is 18.4. The third-order valence-corrected chi connectivity index (χ3v) is 7.22. The summed E-state index contributed by atoms with van der Waals surface area (Å²) in [7, 11) is 0. The lowest BCUT2D eigenvalue weighted by molar-refractivity contribution is 0.0699. The lowest BCUT2D eigenvalue weighted by Crippen LogP contribution is -2.03. The monoisotopic (exact) mass is 545 g/mol. The van der Waals surface area contributed by atoms with Gasteiger partial charge in [0, 0.05) is 22.9 Å². The van der Waals surface area contributed by atoms with Crippen LogP contribution in [0.4, 0.5) is 0 Å². The molecule has 0 saturated heterocycles. The SMILES string of the molecule is CCCc1onc(Cc2c(Cl)cccc2Cl)c1COc1ccc(-c2ccc3c(C(=O)O)cccc3c2)cc1. The van der Waals surface area contributed by atoms with Gasteiger partial charge in [0.25, 0.3) is 0 Å². The highest BCUT2D eigenvalue weighted by Crippen LogP contribution is 2.31. The third-order valence-electron chi connectivity index (χ3n) is 6.52. The molecule has 0 aliphatic carbocycles. The Hall–Kier alpha value is -3.80. The smallest absolute Gasteiger partial charge is 0.336 e. The molecule has 0 amide bonds. The van der Waals surface area contributed by atoms with Gasteiger partial charge in [0.2, 0.25) is 0 Å². The minimum absolute atomic E-state index is 0.296. The minimum Gasteiger partial charge on any atom is -0.489 e. The number of carboxylic acid groups (broad SMARTS) is 1. The fourth-order valence-electron chi connectivity index (χ4n) is 4.53. The lowest BCUT2D eigenvalue weighted by Gasteiger charge is -2.10. The Morgan fingerprint density at radius 2 is 1.63 bits per heavy atom. The highest BCUT2D eigenvalue weighted by Gasteiger charge is 2.19. The van der Waals surface area contributed by atoms with E-state index < -0.39 is 5.97 Å². The van der Waals surface area contributed by atoms with Gasteiger partial charge in [0.15, 0.2) is 0 Å². The maximum atomic E-state index is 11.5. The van der Waals surface area contributed by atoms with Crippen molar-refractivity contribution in [1.82, 2.24) is 5.16 Å². The second-order valence-corrected chi connectivity index (χ2v) is 9.83. The van der Waals surface area contributed by atoms with E-state index in [9.17, 15) is 9.90 Å². The van der Waals surface area contributed by atoms with E-state index in [4.69, 9.17) is 32.5 Å². The van der Waals surface area contributed by atoms with E-state index in [1.165, 1.54) is 0 Å². The van der Waals surface area contributed by atoms with Crippen LogP contribution in [0.2, 0.25) is 10.0 Å². The molecular weight excluding hydrogens is 521 g/mol. The van der Waals surface area contributed by atoms with Crippen LogP contribution in [0.3, 0.4) is 0 Å². The number of hydrogen-bond acceptors (Lipinski definition) is 4. The zero-order valence-corrected chi connectivity index (χ0v) is 22.2. The zero-order valence-electron chi connectivity index (χ0n) is 20.7. The number of carboxylic acids is 1. The zero-order chi connectivity index (χ0) is 26.6. The van der Waals surface area contributed by atoms with Crippen molar-refractivity contribution in [3.8, 4) is 16.9 Å². The van der Waals surface area contributed by atoms with Crippen LogP contribution in [0.25, 0.3) is 21.9 Å². The number of aromatic nitrogens is 1. The van der Waals surface area contributed by atoms with E-state index in [0.717, 1.165) is 51.9 Å². The number of aryl methyl sites for hydroxylation is 1. The second kappa shape index (κ2) is 11.3. The fraction of sp³-hybridized carbons (Fsp3) is 0.161. The van der Waals surface area contributed by atoms with E-state index in [0.29, 0.717) is 39.8 Å². The van der Waals surface area contributed by atoms with E-state index >= 15 is 0 Å². The molecule has 192 valence electrons. The molecule has 0 fully saturated rings. The molecule has 0 unspecified atom stereocenters. The number of halogens is 2. The van der Waals surface area contributed by atoms with Crippen LogP contribution in [0.1, 0.15) is 46.3 Å². The van der Waals surface area contributed by atoms with Crippen molar-refractivity contribution >= 4 is 39.9 Å². The molecule has 0 spiro atoms. The largest absolute Gasteiger partial charge is 0.489 e. The van der Waals surface area contributed by atoms with Gasteiger partial charge in [0.1, 0.15) is 18.1 Å². The fourth-order valence-corrected chi connectivity index (χ4v) is 5.06. The molecule has 0 aliphatic rings. The molecule has 0 aliphatic heterocycles. The molecule has 4 aromatic carbocycles. The number of fused-ring (bicyclic) bond motifs is 1. The number of nitrogens with zero attached hydrogens (tertiary/aromatic N) is 1. The van der Waals surface area contributed by atoms with Crippen LogP contribution in [0, 0.1) is 0 Å². The average molecular weight is 546 g/mol. The van der Waals surface area contributed by atoms with Crippen molar-refractivity contribution in [2.24, 2.45) is 0 Å². The first-order valence-corrected chi connectivity index (χ1v) is 13.1. The molecular formula is C31H25Cl2NO4. The molecule has 0 saturated carbocycles. The third kappa shape index (κ3) is 5.40. The lowest BCUT2D eigenvalue weighted by atomic mass is 9.98. The van der Waals surface area contributed by atoms with Crippen molar-refractivity contribution in [1.29, 1.82) is 0 Å². The van der Waals surface area contributed by atoms with Crippen molar-refractivity contribution in [2.45, 2.75) is 32.8 Å². The van der Waals surface area contributed by atoms with E-state index in [2.05, 4.69) is 12.1 Å². The van der Waals surface area contributed by atoms with E-state index in [-0.39, 0.29) is 0 Å². The summed E-state index contributed by atoms with van der Waals surface area (Å²) in [4.78, 5) is 11.5. The van der Waals surface area contributed by atoms with Crippen LogP contribution in [-0.4, -0.2) is 16.2 Å². The van der Waals surface area contributed by atoms with Crippen LogP contribution < -0.4 is 4.74 Å². The van der Waals surface area contributed by atoms with Gasteiger partial charge in [-0.15, -0.1) is 0 Å². The van der Waals surface area contributed by atoms with Crippen molar-refractivity contribution in [2.75, 3.05) is 0 Å². The molecule has 5 rings (SSSR count). The molecule has 1 aromatic heterocycles. The number of rotatable bonds is 9. The number of carbonyl (C=O) groups is 1. The van der Waals surface area contributed by atoms with E-state index in [1.807, 2.05) is 66.7 Å². The van der Waals surface area contributed by atoms with E-state index in [1.54, 1.807) is 12.1 Å². The molecule has 1 N–H and O–H groups in total. The molecule has 5 aromatic rings. The van der Waals surface area contributed by atoms with Crippen LogP contribution in [-0.2, 0) is 19.4 Å². The van der Waals surface area contributed by atoms with Gasteiger partial charge in [0.05, 0.1) is 16.8 Å². The molecule has 5 nitrogen and oxygen atoms in total. The molecule has 38 heavy (non-hydrogen) atoms. The van der Waals surface area contributed by atoms with Crippen LogP contribution in [0.15, 0.2) is 83.4 Å². The molecule has 0 atom stereocenters. The molecule has 7 heteroatoms. The number of benzene rings is 4. The number of ether oxygens (including phenoxy) is 1. The van der Waals surface area contributed by atoms with Gasteiger partial charge in [-0.25, -0.2) is 4.79 Å². The molecule has 0 bridgehead atoms. The van der Waals surface area contributed by atoms with Crippen molar-refractivity contribution in [3.05, 3.63) is 117 Å². The Morgan fingerprint density at radius 1 is 0.921 bits per heavy atom. The maximum absolute atomic E-state index is 11.5. The summed E-state index contributed by atoms with van der Waals surface area (Å²) < 4.78 is 11.8. The minimum atomic E-state index is -0.933. The predicted octanol–water partition coefficient (Wildman–Crippen LogP) is 8.62. The molecule has 1 heterocycles. The standard InChI is InChI=1S/C31H25Cl2NO4/c1-2-5-30-26(29(34-38-30)17-25-27(32)8-4-9-28(25)33)18-37-22-13-10-19(11-14-22)20-12-15-23-21(16-20)6-3-7-24(23)31(35)36/h3-4,6-16H,2,5,17-18H2,1H3,(H,35,36). The van der Waals surface area contributed by atoms with Crippen LogP contribution >= 0.6 is 23.2 Å². The summed E-state index contributed by atoms with van der Waals surface area (Å²) in [6.45, 7) is 2.40. The van der Waals surface area contributed by atoms with Gasteiger partial charge in [-0.2, -0.15) is 0 Å². The Morgan fingerprint density at radius 3 is 2.34 bits per heavy atom. The summed E-state index contributed by atoms with van der Waals surface area (Å²) in [6, 6.07) is 24.4. The van der Waals surface area contributed by atoms with Crippen LogP contribution in [0.5, 0.6) is 5.75 Å². The Bertz CT molecular complexity index is 1590. The normalized spacial score (nSPS) is 11.1.